The highest BCUT2D eigenvalue weighted by atomic mass is 79.9. The van der Waals surface area contributed by atoms with Crippen LogP contribution in [0.4, 0.5) is 17.8 Å². The van der Waals surface area contributed by atoms with Crippen molar-refractivity contribution in [2.75, 3.05) is 67.8 Å². The van der Waals surface area contributed by atoms with Gasteiger partial charge in [0.1, 0.15) is 5.75 Å². The van der Waals surface area contributed by atoms with E-state index in [1.165, 1.54) is 0 Å². The summed E-state index contributed by atoms with van der Waals surface area (Å²) in [5.41, 5.74) is 3.69. The Morgan fingerprint density at radius 2 is 1.40 bits per heavy atom. The van der Waals surface area contributed by atoms with Crippen molar-refractivity contribution in [1.82, 2.24) is 15.0 Å². The zero-order valence-electron chi connectivity index (χ0n) is 16.1. The number of anilines is 3. The largest absolute Gasteiger partial charge is 0.506 e. The van der Waals surface area contributed by atoms with Crippen LogP contribution in [0.15, 0.2) is 26.2 Å². The van der Waals surface area contributed by atoms with E-state index in [-0.39, 0.29) is 5.75 Å². The number of morpholine rings is 2. The van der Waals surface area contributed by atoms with Crippen molar-refractivity contribution in [2.24, 2.45) is 5.10 Å². The number of hydrogen-bond acceptors (Lipinski definition) is 10. The normalized spacial score (nSPS) is 17.5. The van der Waals surface area contributed by atoms with Crippen molar-refractivity contribution in [2.45, 2.75) is 0 Å². The van der Waals surface area contributed by atoms with Crippen LogP contribution < -0.4 is 15.2 Å². The van der Waals surface area contributed by atoms with Gasteiger partial charge in [0.15, 0.2) is 0 Å². The summed E-state index contributed by atoms with van der Waals surface area (Å²) < 4.78 is 12.0. The SMILES string of the molecule is Oc1c(Br)cc(/C=N/Nc2nc(N3CCOCC3)nc(N3CCOCC3)n2)cc1Br. The zero-order chi connectivity index (χ0) is 20.9. The summed E-state index contributed by atoms with van der Waals surface area (Å²) in [6.07, 6.45) is 1.63. The molecule has 12 heteroatoms. The van der Waals surface area contributed by atoms with Gasteiger partial charge in [0.2, 0.25) is 17.8 Å². The molecule has 2 fully saturated rings. The van der Waals surface area contributed by atoms with Crippen LogP contribution in [0.2, 0.25) is 0 Å². The van der Waals surface area contributed by atoms with Crippen LogP contribution in [0.1, 0.15) is 5.56 Å². The van der Waals surface area contributed by atoms with E-state index >= 15 is 0 Å². The lowest BCUT2D eigenvalue weighted by atomic mass is 10.2. The van der Waals surface area contributed by atoms with Crippen LogP contribution in [0.3, 0.4) is 0 Å². The minimum atomic E-state index is 0.142. The van der Waals surface area contributed by atoms with Crippen LogP contribution >= 0.6 is 31.9 Å². The van der Waals surface area contributed by atoms with Gasteiger partial charge >= 0.3 is 0 Å². The lowest BCUT2D eigenvalue weighted by molar-refractivity contribution is 0.121. The number of halogens is 2. The van der Waals surface area contributed by atoms with Gasteiger partial charge in [-0.05, 0) is 49.6 Å². The molecule has 3 heterocycles. The molecule has 0 radical (unpaired) electrons. The van der Waals surface area contributed by atoms with Gasteiger partial charge in [-0.1, -0.05) is 0 Å². The van der Waals surface area contributed by atoms with Crippen molar-refractivity contribution in [1.29, 1.82) is 0 Å². The average Bonchev–Trinajstić information content (AvgIpc) is 2.78. The quantitative estimate of drug-likeness (QED) is 0.434. The van der Waals surface area contributed by atoms with E-state index in [0.29, 0.717) is 53.2 Å². The van der Waals surface area contributed by atoms with Gasteiger partial charge in [0.25, 0.3) is 0 Å². The highest BCUT2D eigenvalue weighted by Crippen LogP contribution is 2.32. The molecule has 160 valence electrons. The second-order valence-corrected chi connectivity index (χ2v) is 8.37. The Morgan fingerprint density at radius 3 is 1.90 bits per heavy atom. The third-order valence-corrected chi connectivity index (χ3v) is 5.83. The number of aromatic hydroxyl groups is 1. The van der Waals surface area contributed by atoms with Gasteiger partial charge in [0, 0.05) is 26.2 Å². The van der Waals surface area contributed by atoms with Gasteiger partial charge in [-0.3, -0.25) is 0 Å². The van der Waals surface area contributed by atoms with E-state index in [9.17, 15) is 5.11 Å². The number of benzene rings is 1. The fourth-order valence-electron chi connectivity index (χ4n) is 3.04. The zero-order valence-corrected chi connectivity index (χ0v) is 19.3. The number of nitrogens with zero attached hydrogens (tertiary/aromatic N) is 6. The van der Waals surface area contributed by atoms with Gasteiger partial charge < -0.3 is 24.4 Å². The lowest BCUT2D eigenvalue weighted by Gasteiger charge is -2.30. The van der Waals surface area contributed by atoms with Crippen molar-refractivity contribution in [3.63, 3.8) is 0 Å². The van der Waals surface area contributed by atoms with Crippen molar-refractivity contribution in [3.05, 3.63) is 26.6 Å². The Kier molecular flexibility index (Phi) is 6.97. The number of nitrogens with one attached hydrogen (secondary N) is 1. The van der Waals surface area contributed by atoms with Gasteiger partial charge in [0.05, 0.1) is 41.6 Å². The van der Waals surface area contributed by atoms with Crippen LogP contribution in [0.25, 0.3) is 0 Å². The standard InChI is InChI=1S/C18H21Br2N7O3/c19-13-9-12(10-14(20)15(13)28)11-21-25-16-22-17(26-1-5-29-6-2-26)24-18(23-16)27-3-7-30-8-4-27/h9-11,28H,1-8H2,(H,22,23,24,25)/b21-11+. The molecule has 2 aliphatic rings. The highest BCUT2D eigenvalue weighted by Gasteiger charge is 2.20. The molecule has 0 amide bonds. The van der Waals surface area contributed by atoms with Crippen molar-refractivity contribution >= 4 is 55.9 Å². The molecule has 2 aromatic rings. The summed E-state index contributed by atoms with van der Waals surface area (Å²) in [5.74, 6) is 1.70. The first-order valence-electron chi connectivity index (χ1n) is 9.49. The molecule has 1 aromatic carbocycles. The van der Waals surface area contributed by atoms with E-state index in [1.54, 1.807) is 18.3 Å². The van der Waals surface area contributed by atoms with Crippen LogP contribution in [0, 0.1) is 0 Å². The van der Waals surface area contributed by atoms with Gasteiger partial charge in [-0.15, -0.1) is 0 Å². The number of phenols is 1. The monoisotopic (exact) mass is 541 g/mol. The molecule has 0 atom stereocenters. The Bertz CT molecular complexity index is 859. The molecule has 2 saturated heterocycles. The maximum absolute atomic E-state index is 9.83. The fourth-order valence-corrected chi connectivity index (χ4v) is 4.26. The average molecular weight is 543 g/mol. The summed E-state index contributed by atoms with van der Waals surface area (Å²) in [5, 5.41) is 14.1. The maximum Gasteiger partial charge on any atom is 0.250 e. The number of aromatic nitrogens is 3. The molecular weight excluding hydrogens is 522 g/mol. The first-order chi connectivity index (χ1) is 14.6. The Labute approximate surface area is 190 Å². The number of rotatable bonds is 5. The molecule has 0 unspecified atom stereocenters. The van der Waals surface area contributed by atoms with Crippen LogP contribution in [-0.4, -0.2) is 78.9 Å². The maximum atomic E-state index is 9.83. The fraction of sp³-hybridized carbons (Fsp3) is 0.444. The summed E-state index contributed by atoms with van der Waals surface area (Å²) in [6, 6.07) is 3.52. The molecule has 2 N–H and O–H groups in total. The minimum Gasteiger partial charge on any atom is -0.506 e. The molecule has 10 nitrogen and oxygen atoms in total. The molecule has 0 aliphatic carbocycles. The molecule has 0 bridgehead atoms. The molecule has 1 aromatic heterocycles. The molecule has 30 heavy (non-hydrogen) atoms. The first kappa shape index (κ1) is 21.2. The summed E-state index contributed by atoms with van der Waals surface area (Å²) in [6.45, 7) is 5.48. The van der Waals surface area contributed by atoms with E-state index in [1.807, 2.05) is 0 Å². The summed E-state index contributed by atoms with van der Waals surface area (Å²) in [4.78, 5) is 17.9. The number of ether oxygens (including phenoxy) is 2. The lowest BCUT2D eigenvalue weighted by Crippen LogP contribution is -2.40. The van der Waals surface area contributed by atoms with Crippen molar-refractivity contribution in [3.8, 4) is 5.75 Å². The third kappa shape index (κ3) is 5.17. The predicted molar refractivity (Wildman–Crippen MR) is 121 cm³/mol. The second kappa shape index (κ2) is 9.86. The number of phenolic OH excluding ortho intramolecular Hbond substituents is 1. The predicted octanol–water partition coefficient (Wildman–Crippen LogP) is 2.22. The number of hydrogen-bond donors (Lipinski definition) is 2. The Hall–Kier alpha value is -2.02. The summed E-state index contributed by atoms with van der Waals surface area (Å²) >= 11 is 6.63. The minimum absolute atomic E-state index is 0.142. The molecule has 2 aliphatic heterocycles. The molecule has 4 rings (SSSR count). The van der Waals surface area contributed by atoms with E-state index in [2.05, 4.69) is 67.1 Å². The number of hydrazone groups is 1. The van der Waals surface area contributed by atoms with E-state index < -0.39 is 0 Å². The van der Waals surface area contributed by atoms with Crippen LogP contribution in [0.5, 0.6) is 5.75 Å². The second-order valence-electron chi connectivity index (χ2n) is 6.66. The topological polar surface area (TPSA) is 108 Å². The first-order valence-corrected chi connectivity index (χ1v) is 11.1. The van der Waals surface area contributed by atoms with E-state index in [0.717, 1.165) is 31.7 Å². The van der Waals surface area contributed by atoms with Crippen LogP contribution in [-0.2, 0) is 9.47 Å². The van der Waals surface area contributed by atoms with Gasteiger partial charge in [-0.2, -0.15) is 20.1 Å². The third-order valence-electron chi connectivity index (χ3n) is 4.62. The molecular formula is C18H21Br2N7O3. The molecule has 0 spiro atoms. The Balaban J connectivity index is 1.56. The van der Waals surface area contributed by atoms with Gasteiger partial charge in [-0.25, -0.2) is 5.43 Å². The van der Waals surface area contributed by atoms with E-state index in [4.69, 9.17) is 9.47 Å². The van der Waals surface area contributed by atoms with Crippen molar-refractivity contribution < 1.29 is 14.6 Å². The summed E-state index contributed by atoms with van der Waals surface area (Å²) in [7, 11) is 0. The molecule has 0 saturated carbocycles. The smallest absolute Gasteiger partial charge is 0.250 e. The Morgan fingerprint density at radius 1 is 0.900 bits per heavy atom. The highest BCUT2D eigenvalue weighted by molar-refractivity contribution is 9.11.